The smallest absolute Gasteiger partial charge is 0.223 e. The molecule has 62 valence electrons. The molecule has 0 aliphatic carbocycles. The number of hydrogen-bond acceptors (Lipinski definition) is 2. The summed E-state index contributed by atoms with van der Waals surface area (Å²) in [5.74, 6) is 0.855. The second-order valence-corrected chi connectivity index (χ2v) is 3.55. The van der Waals surface area contributed by atoms with E-state index in [-0.39, 0.29) is 0 Å². The van der Waals surface area contributed by atoms with Crippen LogP contribution in [0.4, 0.5) is 0 Å². The lowest BCUT2D eigenvalue weighted by atomic mass is 10.2. The number of rotatable bonds is 1. The van der Waals surface area contributed by atoms with Crippen LogP contribution in [0.25, 0.3) is 0 Å². The third-order valence-corrected chi connectivity index (χ3v) is 2.41. The molecule has 2 heterocycles. The number of hydrogen-bond donors (Lipinski definition) is 0. The zero-order chi connectivity index (χ0) is 7.84. The lowest BCUT2D eigenvalue weighted by molar-refractivity contribution is -0.139. The largest absolute Gasteiger partial charge is 0.377 e. The molecule has 0 aromatic rings. The van der Waals surface area contributed by atoms with Gasteiger partial charge >= 0.3 is 0 Å². The molecule has 2 fully saturated rings. The number of ether oxygens (including phenoxy) is 1. The Morgan fingerprint density at radius 2 is 2.27 bits per heavy atom. The van der Waals surface area contributed by atoms with Crippen molar-refractivity contribution in [3.05, 3.63) is 0 Å². The van der Waals surface area contributed by atoms with Crippen molar-refractivity contribution in [3.8, 4) is 0 Å². The van der Waals surface area contributed by atoms with Crippen molar-refractivity contribution in [3.63, 3.8) is 0 Å². The van der Waals surface area contributed by atoms with Crippen LogP contribution < -0.4 is 0 Å². The van der Waals surface area contributed by atoms with Gasteiger partial charge in [0.2, 0.25) is 5.91 Å². The highest BCUT2D eigenvalue weighted by atomic mass is 16.5. The van der Waals surface area contributed by atoms with Gasteiger partial charge in [0.05, 0.1) is 19.3 Å². The maximum Gasteiger partial charge on any atom is 0.223 e. The van der Waals surface area contributed by atoms with Gasteiger partial charge in [-0.3, -0.25) is 4.79 Å². The summed E-state index contributed by atoms with van der Waals surface area (Å²) in [6.07, 6.45) is 0.733. The topological polar surface area (TPSA) is 29.5 Å². The molecule has 1 atom stereocenters. The number of amides is 1. The minimum Gasteiger partial charge on any atom is -0.377 e. The van der Waals surface area contributed by atoms with Crippen LogP contribution in [-0.2, 0) is 9.53 Å². The van der Waals surface area contributed by atoms with Crippen LogP contribution in [0.2, 0.25) is 0 Å². The van der Waals surface area contributed by atoms with Crippen molar-refractivity contribution in [2.24, 2.45) is 5.92 Å². The van der Waals surface area contributed by atoms with Crippen molar-refractivity contribution < 1.29 is 9.53 Å². The van der Waals surface area contributed by atoms with Crippen LogP contribution in [0, 0.1) is 5.92 Å². The quantitative estimate of drug-likeness (QED) is 0.543. The van der Waals surface area contributed by atoms with Gasteiger partial charge in [0, 0.05) is 13.0 Å². The van der Waals surface area contributed by atoms with Gasteiger partial charge in [0.1, 0.15) is 0 Å². The summed E-state index contributed by atoms with van der Waals surface area (Å²) in [4.78, 5) is 13.3. The van der Waals surface area contributed by atoms with E-state index in [0.717, 1.165) is 26.2 Å². The SMILES string of the molecule is CC1CC(=O)N(C2COC2)C1. The zero-order valence-electron chi connectivity index (χ0n) is 6.75. The minimum atomic E-state index is 0.311. The van der Waals surface area contributed by atoms with Crippen molar-refractivity contribution in [1.82, 2.24) is 4.90 Å². The molecule has 2 aliphatic rings. The second-order valence-electron chi connectivity index (χ2n) is 3.55. The Bertz CT molecular complexity index is 177. The Labute approximate surface area is 66.3 Å². The van der Waals surface area contributed by atoms with Gasteiger partial charge in [-0.1, -0.05) is 6.92 Å². The Morgan fingerprint density at radius 1 is 1.55 bits per heavy atom. The van der Waals surface area contributed by atoms with Crippen LogP contribution in [0.15, 0.2) is 0 Å². The highest BCUT2D eigenvalue weighted by Gasteiger charge is 2.35. The van der Waals surface area contributed by atoms with E-state index in [2.05, 4.69) is 6.92 Å². The normalized spacial score (nSPS) is 32.6. The summed E-state index contributed by atoms with van der Waals surface area (Å²) in [6, 6.07) is 0.396. The van der Waals surface area contributed by atoms with E-state index in [1.165, 1.54) is 0 Å². The van der Waals surface area contributed by atoms with Gasteiger partial charge in [-0.15, -0.1) is 0 Å². The third-order valence-electron chi connectivity index (χ3n) is 2.41. The van der Waals surface area contributed by atoms with E-state index in [9.17, 15) is 4.79 Å². The fourth-order valence-corrected chi connectivity index (χ4v) is 1.67. The van der Waals surface area contributed by atoms with E-state index >= 15 is 0 Å². The lowest BCUT2D eigenvalue weighted by Gasteiger charge is -2.34. The van der Waals surface area contributed by atoms with Crippen molar-refractivity contribution in [1.29, 1.82) is 0 Å². The Balaban J connectivity index is 1.97. The van der Waals surface area contributed by atoms with E-state index in [1.807, 2.05) is 4.90 Å². The molecule has 0 aromatic carbocycles. The molecular formula is C8H13NO2. The highest BCUT2D eigenvalue weighted by molar-refractivity contribution is 5.79. The first kappa shape index (κ1) is 7.10. The summed E-state index contributed by atoms with van der Waals surface area (Å²) >= 11 is 0. The first-order valence-corrected chi connectivity index (χ1v) is 4.14. The van der Waals surface area contributed by atoms with Crippen molar-refractivity contribution >= 4 is 5.91 Å². The van der Waals surface area contributed by atoms with Crippen molar-refractivity contribution in [2.45, 2.75) is 19.4 Å². The first-order valence-electron chi connectivity index (χ1n) is 4.14. The van der Waals surface area contributed by atoms with Gasteiger partial charge in [-0.05, 0) is 5.92 Å². The molecule has 11 heavy (non-hydrogen) atoms. The summed E-state index contributed by atoms with van der Waals surface area (Å²) in [6.45, 7) is 4.56. The summed E-state index contributed by atoms with van der Waals surface area (Å²) in [5, 5.41) is 0. The molecule has 1 amide bonds. The molecule has 0 saturated carbocycles. The van der Waals surface area contributed by atoms with E-state index < -0.39 is 0 Å². The lowest BCUT2D eigenvalue weighted by Crippen LogP contribution is -2.49. The monoisotopic (exact) mass is 155 g/mol. The highest BCUT2D eigenvalue weighted by Crippen LogP contribution is 2.22. The maximum atomic E-state index is 11.3. The predicted octanol–water partition coefficient (Wildman–Crippen LogP) is 0.254. The summed E-state index contributed by atoms with van der Waals surface area (Å²) in [5.41, 5.74) is 0. The fourth-order valence-electron chi connectivity index (χ4n) is 1.67. The van der Waals surface area contributed by atoms with Gasteiger partial charge in [0.25, 0.3) is 0 Å². The average molecular weight is 155 g/mol. The summed E-state index contributed by atoms with van der Waals surface area (Å²) < 4.78 is 5.04. The Kier molecular flexibility index (Phi) is 1.60. The molecule has 0 radical (unpaired) electrons. The molecule has 2 aliphatic heterocycles. The Morgan fingerprint density at radius 3 is 2.64 bits per heavy atom. The standard InChI is InChI=1S/C8H13NO2/c1-6-2-8(10)9(3-6)7-4-11-5-7/h6-7H,2-5H2,1H3. The van der Waals surface area contributed by atoms with E-state index in [1.54, 1.807) is 0 Å². The Hall–Kier alpha value is -0.570. The molecule has 2 saturated heterocycles. The summed E-state index contributed by atoms with van der Waals surface area (Å²) in [7, 11) is 0. The molecule has 3 heteroatoms. The predicted molar refractivity (Wildman–Crippen MR) is 40.1 cm³/mol. The number of carbonyl (C=O) groups excluding carboxylic acids is 1. The molecule has 2 rings (SSSR count). The number of nitrogens with zero attached hydrogens (tertiary/aromatic N) is 1. The molecule has 1 unspecified atom stereocenters. The molecule has 0 bridgehead atoms. The number of likely N-dealkylation sites (tertiary alicyclic amines) is 1. The van der Waals surface area contributed by atoms with Crippen LogP contribution in [0.5, 0.6) is 0 Å². The van der Waals surface area contributed by atoms with E-state index in [4.69, 9.17) is 4.74 Å². The molecule has 0 N–H and O–H groups in total. The van der Waals surface area contributed by atoms with Gasteiger partial charge in [0.15, 0.2) is 0 Å². The van der Waals surface area contributed by atoms with Crippen LogP contribution in [0.3, 0.4) is 0 Å². The maximum absolute atomic E-state index is 11.3. The first-order chi connectivity index (χ1) is 5.27. The minimum absolute atomic E-state index is 0.311. The van der Waals surface area contributed by atoms with Gasteiger partial charge < -0.3 is 9.64 Å². The second kappa shape index (κ2) is 2.48. The molecular weight excluding hydrogens is 142 g/mol. The molecule has 3 nitrogen and oxygen atoms in total. The number of carbonyl (C=O) groups is 1. The van der Waals surface area contributed by atoms with Gasteiger partial charge in [-0.25, -0.2) is 0 Å². The van der Waals surface area contributed by atoms with Gasteiger partial charge in [-0.2, -0.15) is 0 Å². The third kappa shape index (κ3) is 1.13. The van der Waals surface area contributed by atoms with Crippen molar-refractivity contribution in [2.75, 3.05) is 19.8 Å². The fraction of sp³-hybridized carbons (Fsp3) is 0.875. The van der Waals surface area contributed by atoms with E-state index in [0.29, 0.717) is 17.9 Å². The van der Waals surface area contributed by atoms with Crippen LogP contribution in [0.1, 0.15) is 13.3 Å². The van der Waals surface area contributed by atoms with Crippen LogP contribution in [-0.4, -0.2) is 36.6 Å². The molecule has 0 aromatic heterocycles. The molecule has 0 spiro atoms. The van der Waals surface area contributed by atoms with Crippen LogP contribution >= 0.6 is 0 Å². The average Bonchev–Trinajstić information content (AvgIpc) is 2.07. The zero-order valence-corrected chi connectivity index (χ0v) is 6.75.